The first-order valence-corrected chi connectivity index (χ1v) is 8.72. The van der Waals surface area contributed by atoms with Crippen molar-refractivity contribution in [2.24, 2.45) is 0 Å². The lowest BCUT2D eigenvalue weighted by atomic mass is 10.0. The highest BCUT2D eigenvalue weighted by Crippen LogP contribution is 2.35. The van der Waals surface area contributed by atoms with Gasteiger partial charge in [0.1, 0.15) is 5.82 Å². The van der Waals surface area contributed by atoms with Gasteiger partial charge >= 0.3 is 6.03 Å². The predicted octanol–water partition coefficient (Wildman–Crippen LogP) is 3.90. The second kappa shape index (κ2) is 7.51. The van der Waals surface area contributed by atoms with Gasteiger partial charge in [-0.2, -0.15) is 0 Å². The number of urea groups is 1. The summed E-state index contributed by atoms with van der Waals surface area (Å²) in [6.45, 7) is 0.413. The molecule has 0 aliphatic carbocycles. The standard InChI is InChI=1S/C18H19FN2OS/c19-15-7-3-1-5-13(15)9-11-20-18(22)21-16-10-12-23-17-8-4-2-6-14(16)17/h1-8,16H,9-12H2,(H2,20,21,22)/t16-/m0/s1. The Morgan fingerprint density at radius 3 is 2.83 bits per heavy atom. The first-order valence-electron chi connectivity index (χ1n) is 7.73. The maximum Gasteiger partial charge on any atom is 0.315 e. The van der Waals surface area contributed by atoms with Crippen molar-refractivity contribution in [1.82, 2.24) is 10.6 Å². The summed E-state index contributed by atoms with van der Waals surface area (Å²) >= 11 is 1.82. The summed E-state index contributed by atoms with van der Waals surface area (Å²) < 4.78 is 13.5. The molecule has 1 aliphatic rings. The van der Waals surface area contributed by atoms with Crippen LogP contribution in [0.15, 0.2) is 53.4 Å². The zero-order chi connectivity index (χ0) is 16.1. The summed E-state index contributed by atoms with van der Waals surface area (Å²) in [6.07, 6.45) is 1.40. The molecule has 0 aromatic heterocycles. The van der Waals surface area contributed by atoms with Crippen molar-refractivity contribution < 1.29 is 9.18 Å². The Morgan fingerprint density at radius 2 is 1.96 bits per heavy atom. The number of amides is 2. The lowest BCUT2D eigenvalue weighted by molar-refractivity contribution is 0.236. The Bertz CT molecular complexity index is 692. The molecule has 2 aromatic rings. The zero-order valence-electron chi connectivity index (χ0n) is 12.7. The van der Waals surface area contributed by atoms with E-state index in [0.29, 0.717) is 18.5 Å². The number of hydrogen-bond donors (Lipinski definition) is 2. The van der Waals surface area contributed by atoms with Crippen molar-refractivity contribution in [1.29, 1.82) is 0 Å². The molecule has 2 N–H and O–H groups in total. The predicted molar refractivity (Wildman–Crippen MR) is 91.2 cm³/mol. The van der Waals surface area contributed by atoms with Crippen molar-refractivity contribution >= 4 is 17.8 Å². The van der Waals surface area contributed by atoms with Gasteiger partial charge in [0.15, 0.2) is 0 Å². The Hall–Kier alpha value is -2.01. The molecule has 2 aromatic carbocycles. The number of nitrogens with one attached hydrogen (secondary N) is 2. The minimum atomic E-state index is -0.229. The summed E-state index contributed by atoms with van der Waals surface area (Å²) in [5, 5.41) is 5.83. The van der Waals surface area contributed by atoms with E-state index in [9.17, 15) is 9.18 Å². The van der Waals surface area contributed by atoms with Gasteiger partial charge in [-0.25, -0.2) is 9.18 Å². The van der Waals surface area contributed by atoms with Crippen LogP contribution in [-0.4, -0.2) is 18.3 Å². The molecule has 0 radical (unpaired) electrons. The largest absolute Gasteiger partial charge is 0.338 e. The third-order valence-corrected chi connectivity index (χ3v) is 5.02. The van der Waals surface area contributed by atoms with Crippen LogP contribution >= 0.6 is 11.8 Å². The fraction of sp³-hybridized carbons (Fsp3) is 0.278. The normalized spacial score (nSPS) is 16.5. The number of hydrogen-bond acceptors (Lipinski definition) is 2. The number of carbonyl (C=O) groups excluding carboxylic acids is 1. The maximum atomic E-state index is 13.5. The van der Waals surface area contributed by atoms with Gasteiger partial charge in [-0.3, -0.25) is 0 Å². The lowest BCUT2D eigenvalue weighted by Gasteiger charge is -2.25. The van der Waals surface area contributed by atoms with Crippen LogP contribution in [0.3, 0.4) is 0 Å². The van der Waals surface area contributed by atoms with Crippen LogP contribution in [-0.2, 0) is 6.42 Å². The monoisotopic (exact) mass is 330 g/mol. The Kier molecular flexibility index (Phi) is 5.18. The smallest absolute Gasteiger partial charge is 0.315 e. The molecule has 0 fully saturated rings. The molecule has 1 aliphatic heterocycles. The van der Waals surface area contributed by atoms with Crippen molar-refractivity contribution in [2.75, 3.05) is 12.3 Å². The highest BCUT2D eigenvalue weighted by atomic mass is 32.2. The highest BCUT2D eigenvalue weighted by molar-refractivity contribution is 7.99. The molecule has 5 heteroatoms. The molecule has 3 rings (SSSR count). The van der Waals surface area contributed by atoms with Crippen molar-refractivity contribution in [3.05, 3.63) is 65.5 Å². The third-order valence-electron chi connectivity index (χ3n) is 3.90. The van der Waals surface area contributed by atoms with Crippen molar-refractivity contribution in [3.8, 4) is 0 Å². The number of thioether (sulfide) groups is 1. The van der Waals surface area contributed by atoms with Gasteiger partial charge in [0.2, 0.25) is 0 Å². The van der Waals surface area contributed by atoms with Crippen molar-refractivity contribution in [3.63, 3.8) is 0 Å². The van der Waals surface area contributed by atoms with Crippen LogP contribution in [0.25, 0.3) is 0 Å². The number of carbonyl (C=O) groups is 1. The van der Waals surface area contributed by atoms with Gasteiger partial charge in [0.25, 0.3) is 0 Å². The van der Waals surface area contributed by atoms with Crippen LogP contribution < -0.4 is 10.6 Å². The molecule has 0 saturated heterocycles. The van der Waals surface area contributed by atoms with Crippen LogP contribution in [0.5, 0.6) is 0 Å². The van der Waals surface area contributed by atoms with Crippen LogP contribution in [0.1, 0.15) is 23.6 Å². The minimum Gasteiger partial charge on any atom is -0.338 e. The summed E-state index contributed by atoms with van der Waals surface area (Å²) in [7, 11) is 0. The Labute approximate surface area is 139 Å². The fourth-order valence-electron chi connectivity index (χ4n) is 2.71. The molecule has 3 nitrogen and oxygen atoms in total. The van der Waals surface area contributed by atoms with Crippen LogP contribution in [0, 0.1) is 5.82 Å². The van der Waals surface area contributed by atoms with Crippen LogP contribution in [0.2, 0.25) is 0 Å². The second-order valence-corrected chi connectivity index (χ2v) is 6.61. The van der Waals surface area contributed by atoms with Gasteiger partial charge in [-0.1, -0.05) is 36.4 Å². The Morgan fingerprint density at radius 1 is 1.17 bits per heavy atom. The van der Waals surface area contributed by atoms with E-state index in [1.165, 1.54) is 16.5 Å². The summed E-state index contributed by atoms with van der Waals surface area (Å²) in [4.78, 5) is 13.3. The van der Waals surface area contributed by atoms with E-state index in [1.807, 2.05) is 23.9 Å². The topological polar surface area (TPSA) is 41.1 Å². The van der Waals surface area contributed by atoms with E-state index in [0.717, 1.165) is 12.2 Å². The summed E-state index contributed by atoms with van der Waals surface area (Å²) in [5.41, 5.74) is 1.79. The van der Waals surface area contributed by atoms with Gasteiger partial charge < -0.3 is 10.6 Å². The molecule has 0 unspecified atom stereocenters. The molecular formula is C18H19FN2OS. The molecule has 0 spiro atoms. The molecule has 0 bridgehead atoms. The lowest BCUT2D eigenvalue weighted by Crippen LogP contribution is -2.39. The number of rotatable bonds is 4. The van der Waals surface area contributed by atoms with E-state index >= 15 is 0 Å². The molecule has 120 valence electrons. The van der Waals surface area contributed by atoms with Gasteiger partial charge in [-0.15, -0.1) is 11.8 Å². The fourth-order valence-corrected chi connectivity index (χ4v) is 3.84. The van der Waals surface area contributed by atoms with E-state index in [-0.39, 0.29) is 17.9 Å². The quantitative estimate of drug-likeness (QED) is 0.892. The van der Waals surface area contributed by atoms with E-state index in [4.69, 9.17) is 0 Å². The van der Waals surface area contributed by atoms with E-state index in [1.54, 1.807) is 18.2 Å². The average molecular weight is 330 g/mol. The van der Waals surface area contributed by atoms with E-state index < -0.39 is 0 Å². The number of halogens is 1. The van der Waals surface area contributed by atoms with Gasteiger partial charge in [0.05, 0.1) is 6.04 Å². The van der Waals surface area contributed by atoms with Gasteiger partial charge in [0, 0.05) is 17.2 Å². The SMILES string of the molecule is O=C(NCCc1ccccc1F)N[C@H]1CCSc2ccccc21. The molecule has 2 amide bonds. The Balaban J connectivity index is 1.52. The minimum absolute atomic E-state index is 0.0425. The second-order valence-electron chi connectivity index (χ2n) is 5.47. The number of benzene rings is 2. The van der Waals surface area contributed by atoms with Crippen molar-refractivity contribution in [2.45, 2.75) is 23.8 Å². The molecule has 1 atom stereocenters. The van der Waals surface area contributed by atoms with E-state index in [2.05, 4.69) is 22.8 Å². The van der Waals surface area contributed by atoms with Crippen LogP contribution in [0.4, 0.5) is 9.18 Å². The first kappa shape index (κ1) is 15.9. The molecule has 23 heavy (non-hydrogen) atoms. The summed E-state index contributed by atoms with van der Waals surface area (Å²) in [5.74, 6) is 0.768. The zero-order valence-corrected chi connectivity index (χ0v) is 13.5. The molecular weight excluding hydrogens is 311 g/mol. The maximum absolute atomic E-state index is 13.5. The molecule has 1 heterocycles. The average Bonchev–Trinajstić information content (AvgIpc) is 2.57. The highest BCUT2D eigenvalue weighted by Gasteiger charge is 2.21. The summed E-state index contributed by atoms with van der Waals surface area (Å²) in [6, 6.07) is 14.6. The van der Waals surface area contributed by atoms with Gasteiger partial charge in [-0.05, 0) is 36.1 Å². The number of fused-ring (bicyclic) bond motifs is 1. The third kappa shape index (κ3) is 4.05. The molecule has 0 saturated carbocycles. The first-order chi connectivity index (χ1) is 11.2.